The van der Waals surface area contributed by atoms with Gasteiger partial charge in [-0.25, -0.2) is 9.13 Å². The molecule has 0 saturated heterocycles. The highest BCUT2D eigenvalue weighted by atomic mass is 31.2. The fourth-order valence-electron chi connectivity index (χ4n) is 9.60. The molecule has 0 fully saturated rings. The number of hydrogen-bond donors (Lipinski definition) is 3. The zero-order chi connectivity index (χ0) is 74.6. The zero-order valence-corrected chi connectivity index (χ0v) is 65.0. The van der Waals surface area contributed by atoms with Gasteiger partial charge in [0.05, 0.1) is 26.4 Å². The summed E-state index contributed by atoms with van der Waals surface area (Å²) in [7, 11) is -10.00. The Morgan fingerprint density at radius 2 is 0.539 bits per heavy atom. The lowest BCUT2D eigenvalue weighted by Crippen LogP contribution is -2.30. The molecule has 0 bridgehead atoms. The highest BCUT2D eigenvalue weighted by molar-refractivity contribution is 7.47. The van der Waals surface area contributed by atoms with Gasteiger partial charge in [0.1, 0.15) is 19.3 Å². The minimum atomic E-state index is -5.01. The maximum atomic E-state index is 13.1. The molecule has 17 nitrogen and oxygen atoms in total. The molecule has 0 aliphatic rings. The molecule has 0 amide bonds. The summed E-state index contributed by atoms with van der Waals surface area (Å²) < 4.78 is 68.3. The first kappa shape index (κ1) is 96.7. The van der Waals surface area contributed by atoms with Crippen LogP contribution in [0.15, 0.2) is 158 Å². The van der Waals surface area contributed by atoms with Crippen LogP contribution in [0.25, 0.3) is 0 Å². The van der Waals surface area contributed by atoms with Crippen molar-refractivity contribution in [2.24, 2.45) is 0 Å². The highest BCUT2D eigenvalue weighted by Gasteiger charge is 2.30. The number of aliphatic hydroxyl groups is 1. The third kappa shape index (κ3) is 73.0. The summed E-state index contributed by atoms with van der Waals surface area (Å²) in [6, 6.07) is 0. The molecule has 102 heavy (non-hydrogen) atoms. The van der Waals surface area contributed by atoms with E-state index in [1.165, 1.54) is 38.5 Å². The third-order valence-electron chi connectivity index (χ3n) is 15.5. The molecule has 580 valence electrons. The first-order valence-electron chi connectivity index (χ1n) is 38.7. The molecule has 0 spiro atoms. The molecule has 0 heterocycles. The Bertz CT molecular complexity index is 2550. The average molecular weight is 1470 g/mol. The average Bonchev–Trinajstić information content (AvgIpc) is 0.940. The number of phosphoric ester groups is 2. The van der Waals surface area contributed by atoms with E-state index in [0.717, 1.165) is 161 Å². The van der Waals surface area contributed by atoms with E-state index in [1.54, 1.807) is 0 Å². The molecule has 0 aromatic rings. The second-order valence-electron chi connectivity index (χ2n) is 25.2. The molecule has 19 heteroatoms. The van der Waals surface area contributed by atoms with Crippen LogP contribution in [0, 0.1) is 0 Å². The zero-order valence-electron chi connectivity index (χ0n) is 63.2. The molecule has 0 radical (unpaired) electrons. The number of esters is 4. The molecule has 3 N–H and O–H groups in total. The normalized spacial score (nSPS) is 14.8. The fraction of sp³-hybridized carbons (Fsp3) is 0.639. The number of phosphoric acid groups is 2. The molecule has 0 aromatic carbocycles. The number of rotatable bonds is 71. The summed E-state index contributed by atoms with van der Waals surface area (Å²) in [6.45, 7) is 4.43. The Kier molecular flexibility index (Phi) is 70.1. The fourth-order valence-corrected chi connectivity index (χ4v) is 11.2. The van der Waals surface area contributed by atoms with Crippen molar-refractivity contribution in [2.75, 3.05) is 39.6 Å². The minimum absolute atomic E-state index is 0.0227. The maximum absolute atomic E-state index is 13.1. The molecule has 5 unspecified atom stereocenters. The summed E-state index contributed by atoms with van der Waals surface area (Å²) in [4.78, 5) is 72.8. The number of aliphatic hydroxyl groups excluding tert-OH is 1. The van der Waals surface area contributed by atoms with Crippen LogP contribution in [0.1, 0.15) is 285 Å². The van der Waals surface area contributed by atoms with Crippen molar-refractivity contribution < 1.29 is 80.2 Å². The van der Waals surface area contributed by atoms with Crippen LogP contribution in [0.3, 0.4) is 0 Å². The van der Waals surface area contributed by atoms with E-state index in [9.17, 15) is 43.2 Å². The number of allylic oxidation sites excluding steroid dienone is 26. The number of hydrogen-bond acceptors (Lipinski definition) is 15. The smallest absolute Gasteiger partial charge is 0.462 e. The van der Waals surface area contributed by atoms with Crippen LogP contribution < -0.4 is 0 Å². The van der Waals surface area contributed by atoms with Gasteiger partial charge in [0.15, 0.2) is 12.2 Å². The first-order chi connectivity index (χ1) is 49.7. The maximum Gasteiger partial charge on any atom is 0.472 e. The lowest BCUT2D eigenvalue weighted by Gasteiger charge is -2.21. The van der Waals surface area contributed by atoms with Crippen molar-refractivity contribution in [3.8, 4) is 0 Å². The molecular formula is C83H136O17P2. The van der Waals surface area contributed by atoms with Crippen LogP contribution in [0.4, 0.5) is 0 Å². The van der Waals surface area contributed by atoms with Gasteiger partial charge in [-0.3, -0.25) is 37.3 Å². The van der Waals surface area contributed by atoms with Gasteiger partial charge in [0.25, 0.3) is 0 Å². The van der Waals surface area contributed by atoms with Crippen LogP contribution in [-0.2, 0) is 65.4 Å². The van der Waals surface area contributed by atoms with Gasteiger partial charge in [0.2, 0.25) is 0 Å². The van der Waals surface area contributed by atoms with E-state index in [-0.39, 0.29) is 25.7 Å². The number of carbonyl (C=O) groups excluding carboxylic acids is 4. The molecule has 0 aliphatic carbocycles. The summed E-state index contributed by atoms with van der Waals surface area (Å²) in [5.41, 5.74) is 0. The van der Waals surface area contributed by atoms with Crippen molar-refractivity contribution in [3.63, 3.8) is 0 Å². The van der Waals surface area contributed by atoms with Gasteiger partial charge in [-0.15, -0.1) is 0 Å². The molecule has 0 aromatic heterocycles. The lowest BCUT2D eigenvalue weighted by atomic mass is 10.1. The number of ether oxygens (including phenoxy) is 4. The number of carbonyl (C=O) groups is 4. The molecule has 0 rings (SSSR count). The predicted octanol–water partition coefficient (Wildman–Crippen LogP) is 22.4. The molecule has 0 aliphatic heterocycles. The quantitative estimate of drug-likeness (QED) is 0.0169. The summed E-state index contributed by atoms with van der Waals surface area (Å²) in [5, 5.41) is 10.6. The van der Waals surface area contributed by atoms with Crippen LogP contribution >= 0.6 is 15.6 Å². The standard InChI is InChI=1S/C83H136O17P2/c1-5-9-13-17-21-25-29-32-34-36-38-40-42-45-49-52-56-60-64-68-81(86)94-74-79(100-83(88)70-66-62-58-54-50-46-43-41-39-37-35-33-30-26-22-18-14-10-6-2)76-98-102(91,92)96-72-77(84)71-95-101(89,90)97-75-78(99-82(87)69-65-61-57-53-47-28-24-20-16-12-8-4)73-93-80(85)67-63-59-55-51-48-44-31-27-23-19-15-11-7-3/h9-10,13-14,20-22,24-27,31-35,38-41,45-46,49-50,56,60,77-79,84H,5-8,11-12,15-19,23,28-30,36-37,42-44,47-48,51-55,57-59,61-76H2,1-4H3,(H,89,90)(H,91,92)/b13-9-,14-10-,24-20-,25-21-,26-22-,31-27-,34-32-,35-33-,40-38-,41-39-,49-45-,50-46-,60-56-. The first-order valence-corrected chi connectivity index (χ1v) is 41.7. The largest absolute Gasteiger partial charge is 0.472 e. The van der Waals surface area contributed by atoms with Gasteiger partial charge in [-0.2, -0.15) is 0 Å². The Balaban J connectivity index is 5.47. The van der Waals surface area contributed by atoms with E-state index in [4.69, 9.17) is 37.0 Å². The third-order valence-corrected chi connectivity index (χ3v) is 17.4. The summed E-state index contributed by atoms with van der Waals surface area (Å²) >= 11 is 0. The Labute approximate surface area is 617 Å². The van der Waals surface area contributed by atoms with E-state index in [1.807, 2.05) is 18.2 Å². The van der Waals surface area contributed by atoms with Crippen LogP contribution in [-0.4, -0.2) is 96.7 Å². The lowest BCUT2D eigenvalue weighted by molar-refractivity contribution is -0.161. The van der Waals surface area contributed by atoms with E-state index in [0.29, 0.717) is 32.1 Å². The summed E-state index contributed by atoms with van der Waals surface area (Å²) in [5.74, 6) is -2.34. The Morgan fingerprint density at radius 3 is 0.892 bits per heavy atom. The Hall–Kier alpha value is -5.32. The van der Waals surface area contributed by atoms with Gasteiger partial charge in [0, 0.05) is 25.7 Å². The minimum Gasteiger partial charge on any atom is -0.462 e. The second-order valence-corrected chi connectivity index (χ2v) is 28.1. The highest BCUT2D eigenvalue weighted by Crippen LogP contribution is 2.45. The molecule has 0 saturated carbocycles. The molecular weight excluding hydrogens is 1330 g/mol. The van der Waals surface area contributed by atoms with Crippen molar-refractivity contribution in [1.82, 2.24) is 0 Å². The summed E-state index contributed by atoms with van der Waals surface area (Å²) in [6.07, 6.45) is 85.4. The Morgan fingerprint density at radius 1 is 0.284 bits per heavy atom. The topological polar surface area (TPSA) is 237 Å². The predicted molar refractivity (Wildman–Crippen MR) is 417 cm³/mol. The van der Waals surface area contributed by atoms with Crippen molar-refractivity contribution in [1.29, 1.82) is 0 Å². The van der Waals surface area contributed by atoms with E-state index in [2.05, 4.69) is 167 Å². The van der Waals surface area contributed by atoms with Gasteiger partial charge in [-0.05, 0) is 154 Å². The van der Waals surface area contributed by atoms with Crippen LogP contribution in [0.5, 0.6) is 0 Å². The molecule has 5 atom stereocenters. The monoisotopic (exact) mass is 1470 g/mol. The van der Waals surface area contributed by atoms with Gasteiger partial charge >= 0.3 is 39.5 Å². The van der Waals surface area contributed by atoms with E-state index < -0.39 is 97.5 Å². The second kappa shape index (κ2) is 74.0. The van der Waals surface area contributed by atoms with Crippen molar-refractivity contribution in [2.45, 2.75) is 303 Å². The van der Waals surface area contributed by atoms with Crippen LogP contribution in [0.2, 0.25) is 0 Å². The number of unbranched alkanes of at least 4 members (excludes halogenated alkanes) is 19. The van der Waals surface area contributed by atoms with Crippen molar-refractivity contribution >= 4 is 39.5 Å². The van der Waals surface area contributed by atoms with Gasteiger partial charge < -0.3 is 33.8 Å². The van der Waals surface area contributed by atoms with Crippen molar-refractivity contribution in [3.05, 3.63) is 158 Å². The van der Waals surface area contributed by atoms with E-state index >= 15 is 0 Å². The SMILES string of the molecule is CC/C=C\C/C=C\C/C=C\C/C=C\C/C=C\C/C=C\CCC(=O)OCC(COP(=O)(O)OCC(O)COP(=O)(O)OCC(COC(=O)CCCCCCC/C=C\CCCCCC)OC(=O)CCCCCCC/C=C\CCCC)OC(=O)CCCCC/C=C\C/C=C\C/C=C\C/C=C\C/C=C\CC. The van der Waals surface area contributed by atoms with Gasteiger partial charge in [-0.1, -0.05) is 263 Å².